The van der Waals surface area contributed by atoms with E-state index in [1.165, 1.54) is 5.01 Å². The SMILES string of the molecule is CN(/N=C\c1ccccc1)C(N)=S. The van der Waals surface area contributed by atoms with E-state index in [4.69, 9.17) is 18.0 Å². The number of hydrazone groups is 1. The molecule has 1 aromatic carbocycles. The summed E-state index contributed by atoms with van der Waals surface area (Å²) in [5.41, 5.74) is 6.36. The van der Waals surface area contributed by atoms with Crippen LogP contribution in [0, 0.1) is 0 Å². The Morgan fingerprint density at radius 2 is 2.08 bits per heavy atom. The fourth-order valence-corrected chi connectivity index (χ4v) is 0.796. The average molecular weight is 193 g/mol. The number of nitrogens with zero attached hydrogens (tertiary/aromatic N) is 2. The minimum Gasteiger partial charge on any atom is -0.375 e. The van der Waals surface area contributed by atoms with Crippen LogP contribution in [-0.2, 0) is 0 Å². The summed E-state index contributed by atoms with van der Waals surface area (Å²) in [6, 6.07) is 9.76. The maximum Gasteiger partial charge on any atom is 0.186 e. The van der Waals surface area contributed by atoms with Crippen molar-refractivity contribution in [3.63, 3.8) is 0 Å². The highest BCUT2D eigenvalue weighted by molar-refractivity contribution is 7.80. The zero-order valence-corrected chi connectivity index (χ0v) is 8.16. The van der Waals surface area contributed by atoms with Gasteiger partial charge in [-0.2, -0.15) is 5.10 Å². The summed E-state index contributed by atoms with van der Waals surface area (Å²) in [5.74, 6) is 0. The topological polar surface area (TPSA) is 41.6 Å². The van der Waals surface area contributed by atoms with Gasteiger partial charge in [-0.15, -0.1) is 0 Å². The van der Waals surface area contributed by atoms with E-state index < -0.39 is 0 Å². The van der Waals surface area contributed by atoms with Gasteiger partial charge in [0, 0.05) is 7.05 Å². The van der Waals surface area contributed by atoms with Crippen LogP contribution < -0.4 is 5.73 Å². The van der Waals surface area contributed by atoms with Gasteiger partial charge in [0.15, 0.2) is 5.11 Å². The number of nitrogens with two attached hydrogens (primary N) is 1. The highest BCUT2D eigenvalue weighted by Crippen LogP contribution is 1.94. The number of benzene rings is 1. The molecule has 0 heterocycles. The molecule has 0 saturated heterocycles. The molecule has 0 atom stereocenters. The molecule has 1 rings (SSSR count). The Kier molecular flexibility index (Phi) is 3.40. The first-order valence-corrected chi connectivity index (χ1v) is 4.23. The lowest BCUT2D eigenvalue weighted by Crippen LogP contribution is -2.27. The Morgan fingerprint density at radius 1 is 1.46 bits per heavy atom. The molecule has 0 aliphatic rings. The van der Waals surface area contributed by atoms with E-state index in [2.05, 4.69) is 5.10 Å². The van der Waals surface area contributed by atoms with Gasteiger partial charge in [-0.05, 0) is 17.8 Å². The zero-order valence-electron chi connectivity index (χ0n) is 7.34. The van der Waals surface area contributed by atoms with Gasteiger partial charge in [-0.1, -0.05) is 30.3 Å². The van der Waals surface area contributed by atoms with E-state index in [1.54, 1.807) is 13.3 Å². The molecule has 0 fully saturated rings. The van der Waals surface area contributed by atoms with Crippen molar-refractivity contribution < 1.29 is 0 Å². The Bertz CT molecular complexity index is 308. The van der Waals surface area contributed by atoms with Crippen molar-refractivity contribution in [1.29, 1.82) is 0 Å². The number of hydrogen-bond acceptors (Lipinski definition) is 2. The largest absolute Gasteiger partial charge is 0.375 e. The van der Waals surface area contributed by atoms with Gasteiger partial charge in [0.2, 0.25) is 0 Å². The quantitative estimate of drug-likeness (QED) is 0.436. The van der Waals surface area contributed by atoms with Crippen LogP contribution in [0.15, 0.2) is 35.4 Å². The summed E-state index contributed by atoms with van der Waals surface area (Å²) in [5, 5.41) is 5.74. The van der Waals surface area contributed by atoms with Crippen molar-refractivity contribution in [3.8, 4) is 0 Å². The highest BCUT2D eigenvalue weighted by Gasteiger charge is 1.92. The molecule has 13 heavy (non-hydrogen) atoms. The molecule has 4 heteroatoms. The number of hydrogen-bond donors (Lipinski definition) is 1. The molecule has 1 aromatic rings. The van der Waals surface area contributed by atoms with E-state index in [0.717, 1.165) is 5.56 Å². The second kappa shape index (κ2) is 4.57. The van der Waals surface area contributed by atoms with Crippen LogP contribution in [0.25, 0.3) is 0 Å². The lowest BCUT2D eigenvalue weighted by molar-refractivity contribution is 0.552. The highest BCUT2D eigenvalue weighted by atomic mass is 32.1. The van der Waals surface area contributed by atoms with Gasteiger partial charge in [0.25, 0.3) is 0 Å². The molecule has 0 saturated carbocycles. The second-order valence-corrected chi connectivity index (χ2v) is 2.94. The third-order valence-electron chi connectivity index (χ3n) is 1.50. The van der Waals surface area contributed by atoms with Crippen molar-refractivity contribution in [2.45, 2.75) is 0 Å². The second-order valence-electron chi connectivity index (χ2n) is 2.52. The Balaban J connectivity index is 2.64. The first-order chi connectivity index (χ1) is 6.20. The van der Waals surface area contributed by atoms with Crippen molar-refractivity contribution in [1.82, 2.24) is 5.01 Å². The summed E-state index contributed by atoms with van der Waals surface area (Å²) < 4.78 is 0. The van der Waals surface area contributed by atoms with Gasteiger partial charge in [-0.25, -0.2) is 5.01 Å². The van der Waals surface area contributed by atoms with E-state index >= 15 is 0 Å². The predicted octanol–water partition coefficient (Wildman–Crippen LogP) is 1.20. The molecule has 0 aliphatic heterocycles. The Morgan fingerprint density at radius 3 is 2.62 bits per heavy atom. The maximum atomic E-state index is 5.34. The fourth-order valence-electron chi connectivity index (χ4n) is 0.749. The fraction of sp³-hybridized carbons (Fsp3) is 0.111. The summed E-state index contributed by atoms with van der Waals surface area (Å²) >= 11 is 4.72. The molecule has 0 aromatic heterocycles. The average Bonchev–Trinajstić information content (AvgIpc) is 2.15. The molecule has 0 aliphatic carbocycles. The maximum absolute atomic E-state index is 5.34. The lowest BCUT2D eigenvalue weighted by Gasteiger charge is -2.08. The summed E-state index contributed by atoms with van der Waals surface area (Å²) in [6.45, 7) is 0. The minimum absolute atomic E-state index is 0.257. The van der Waals surface area contributed by atoms with Gasteiger partial charge >= 0.3 is 0 Å². The van der Waals surface area contributed by atoms with E-state index in [-0.39, 0.29) is 5.11 Å². The van der Waals surface area contributed by atoms with Crippen LogP contribution >= 0.6 is 12.2 Å². The van der Waals surface area contributed by atoms with Crippen LogP contribution in [0.5, 0.6) is 0 Å². The van der Waals surface area contributed by atoms with Crippen LogP contribution in [0.4, 0.5) is 0 Å². The van der Waals surface area contributed by atoms with Gasteiger partial charge in [0.05, 0.1) is 6.21 Å². The molecule has 0 spiro atoms. The minimum atomic E-state index is 0.257. The molecule has 3 nitrogen and oxygen atoms in total. The van der Waals surface area contributed by atoms with Crippen LogP contribution in [0.1, 0.15) is 5.56 Å². The Labute approximate surface area is 82.9 Å². The van der Waals surface area contributed by atoms with Crippen molar-refractivity contribution in [2.75, 3.05) is 7.05 Å². The van der Waals surface area contributed by atoms with Crippen LogP contribution in [-0.4, -0.2) is 23.4 Å². The smallest absolute Gasteiger partial charge is 0.186 e. The van der Waals surface area contributed by atoms with Crippen LogP contribution in [0.3, 0.4) is 0 Å². The molecule has 68 valence electrons. The monoisotopic (exact) mass is 193 g/mol. The van der Waals surface area contributed by atoms with Gasteiger partial charge in [0.1, 0.15) is 0 Å². The standard InChI is InChI=1S/C9H11N3S/c1-12(9(10)13)11-7-8-5-3-2-4-6-8/h2-7H,1H3,(H2,10,13)/b11-7-. The number of rotatable bonds is 2. The van der Waals surface area contributed by atoms with E-state index in [0.29, 0.717) is 0 Å². The summed E-state index contributed by atoms with van der Waals surface area (Å²) in [6.07, 6.45) is 1.71. The van der Waals surface area contributed by atoms with E-state index in [1.807, 2.05) is 30.3 Å². The third-order valence-corrected chi connectivity index (χ3v) is 1.76. The Hall–Kier alpha value is -1.42. The van der Waals surface area contributed by atoms with Crippen molar-refractivity contribution in [3.05, 3.63) is 35.9 Å². The lowest BCUT2D eigenvalue weighted by atomic mass is 10.2. The molecule has 0 radical (unpaired) electrons. The molecule has 0 bridgehead atoms. The van der Waals surface area contributed by atoms with Gasteiger partial charge in [-0.3, -0.25) is 0 Å². The van der Waals surface area contributed by atoms with E-state index in [9.17, 15) is 0 Å². The molecule has 0 unspecified atom stereocenters. The van der Waals surface area contributed by atoms with Crippen molar-refractivity contribution in [2.24, 2.45) is 10.8 Å². The first kappa shape index (κ1) is 9.67. The van der Waals surface area contributed by atoms with Gasteiger partial charge < -0.3 is 5.73 Å². The third kappa shape index (κ3) is 3.21. The summed E-state index contributed by atoms with van der Waals surface area (Å²) in [4.78, 5) is 0. The molecular weight excluding hydrogens is 182 g/mol. The summed E-state index contributed by atoms with van der Waals surface area (Å²) in [7, 11) is 1.71. The molecule has 0 amide bonds. The first-order valence-electron chi connectivity index (χ1n) is 3.82. The molecular formula is C9H11N3S. The normalized spacial score (nSPS) is 10.2. The molecule has 2 N–H and O–H groups in total. The predicted molar refractivity (Wildman–Crippen MR) is 58.6 cm³/mol. The van der Waals surface area contributed by atoms with Crippen molar-refractivity contribution >= 4 is 23.5 Å². The number of thiocarbonyl (C=S) groups is 1. The van der Waals surface area contributed by atoms with Crippen LogP contribution in [0.2, 0.25) is 0 Å². The zero-order chi connectivity index (χ0) is 9.68.